The number of hydrogen-bond donors (Lipinski definition) is 0. The SMILES string of the molecule is CCc1ccc(SCc2ccc(C(=O)N3[C@H]4CC[C@H]3CC(Oc3ccccc3C(C)C)C4)cc2)cc1. The average molecular weight is 500 g/mol. The molecule has 2 aliphatic heterocycles. The Morgan fingerprint density at radius 1 is 0.917 bits per heavy atom. The zero-order chi connectivity index (χ0) is 25.1. The minimum absolute atomic E-state index is 0.178. The Kier molecular flexibility index (Phi) is 7.71. The highest BCUT2D eigenvalue weighted by molar-refractivity contribution is 7.98. The van der Waals surface area contributed by atoms with E-state index in [0.29, 0.717) is 5.92 Å². The molecule has 0 aliphatic carbocycles. The number of carbonyl (C=O) groups excluding carboxylic acids is 1. The van der Waals surface area contributed by atoms with Crippen molar-refractivity contribution in [3.05, 3.63) is 95.1 Å². The summed E-state index contributed by atoms with van der Waals surface area (Å²) in [5.41, 5.74) is 4.68. The number of thioether (sulfide) groups is 1. The third-order valence-corrected chi connectivity index (χ3v) is 8.78. The molecule has 3 aromatic rings. The van der Waals surface area contributed by atoms with Crippen molar-refractivity contribution in [2.75, 3.05) is 0 Å². The summed E-state index contributed by atoms with van der Waals surface area (Å²) in [5.74, 6) is 2.53. The molecule has 2 saturated heterocycles. The van der Waals surface area contributed by atoms with Gasteiger partial charge in [0.2, 0.25) is 0 Å². The number of aryl methyl sites for hydroxylation is 1. The molecule has 0 N–H and O–H groups in total. The van der Waals surface area contributed by atoms with Crippen LogP contribution in [0.5, 0.6) is 5.75 Å². The molecular formula is C32H37NO2S. The summed E-state index contributed by atoms with van der Waals surface area (Å²) < 4.78 is 6.51. The molecule has 3 nitrogen and oxygen atoms in total. The maximum Gasteiger partial charge on any atom is 0.254 e. The van der Waals surface area contributed by atoms with Crippen LogP contribution in [0.4, 0.5) is 0 Å². The summed E-state index contributed by atoms with van der Waals surface area (Å²) in [4.78, 5) is 16.9. The van der Waals surface area contributed by atoms with Crippen LogP contribution >= 0.6 is 11.8 Å². The Balaban J connectivity index is 1.19. The Bertz CT molecular complexity index is 1160. The van der Waals surface area contributed by atoms with E-state index in [1.54, 1.807) is 0 Å². The average Bonchev–Trinajstić information content (AvgIpc) is 3.17. The summed E-state index contributed by atoms with van der Waals surface area (Å²) in [6.07, 6.45) is 5.23. The fourth-order valence-electron chi connectivity index (χ4n) is 5.68. The second-order valence-electron chi connectivity index (χ2n) is 10.5. The number of nitrogens with zero attached hydrogens (tertiary/aromatic N) is 1. The third kappa shape index (κ3) is 5.49. The van der Waals surface area contributed by atoms with Crippen molar-refractivity contribution in [1.29, 1.82) is 0 Å². The molecule has 36 heavy (non-hydrogen) atoms. The number of carbonyl (C=O) groups is 1. The van der Waals surface area contributed by atoms with Gasteiger partial charge < -0.3 is 9.64 Å². The zero-order valence-electron chi connectivity index (χ0n) is 21.7. The van der Waals surface area contributed by atoms with Gasteiger partial charge in [-0.25, -0.2) is 0 Å². The maximum atomic E-state index is 13.5. The van der Waals surface area contributed by atoms with E-state index in [9.17, 15) is 4.79 Å². The Morgan fingerprint density at radius 3 is 2.19 bits per heavy atom. The summed E-state index contributed by atoms with van der Waals surface area (Å²) in [5, 5.41) is 0. The molecule has 2 fully saturated rings. The monoisotopic (exact) mass is 499 g/mol. The number of hydrogen-bond acceptors (Lipinski definition) is 3. The van der Waals surface area contributed by atoms with Gasteiger partial charge in [0.15, 0.2) is 0 Å². The predicted molar refractivity (Wildman–Crippen MR) is 149 cm³/mol. The first-order chi connectivity index (χ1) is 17.5. The highest BCUT2D eigenvalue weighted by Crippen LogP contribution is 2.39. The van der Waals surface area contributed by atoms with Crippen LogP contribution in [0.3, 0.4) is 0 Å². The molecule has 1 amide bonds. The minimum Gasteiger partial charge on any atom is -0.490 e. The van der Waals surface area contributed by atoms with Gasteiger partial charge in [0.05, 0.1) is 0 Å². The highest BCUT2D eigenvalue weighted by Gasteiger charge is 2.44. The van der Waals surface area contributed by atoms with Crippen molar-refractivity contribution in [3.8, 4) is 5.75 Å². The topological polar surface area (TPSA) is 29.5 Å². The Hall–Kier alpha value is -2.72. The molecule has 3 aromatic carbocycles. The van der Waals surface area contributed by atoms with E-state index in [-0.39, 0.29) is 24.1 Å². The second kappa shape index (κ2) is 11.1. The van der Waals surface area contributed by atoms with Crippen molar-refractivity contribution >= 4 is 17.7 Å². The van der Waals surface area contributed by atoms with Crippen molar-refractivity contribution in [2.45, 2.75) is 87.6 Å². The molecule has 0 unspecified atom stereocenters. The largest absolute Gasteiger partial charge is 0.490 e. The molecule has 188 valence electrons. The molecule has 2 heterocycles. The number of rotatable bonds is 8. The van der Waals surface area contributed by atoms with Crippen LogP contribution in [0.25, 0.3) is 0 Å². The van der Waals surface area contributed by atoms with Gasteiger partial charge in [-0.3, -0.25) is 4.79 Å². The lowest BCUT2D eigenvalue weighted by Crippen LogP contribution is -2.49. The lowest BCUT2D eigenvalue weighted by molar-refractivity contribution is 0.0356. The van der Waals surface area contributed by atoms with Crippen LogP contribution in [0, 0.1) is 0 Å². The summed E-state index contributed by atoms with van der Waals surface area (Å²) in [6.45, 7) is 6.60. The maximum absolute atomic E-state index is 13.5. The molecule has 2 bridgehead atoms. The van der Waals surface area contributed by atoms with E-state index in [1.807, 2.05) is 23.9 Å². The van der Waals surface area contributed by atoms with Crippen molar-refractivity contribution in [3.63, 3.8) is 0 Å². The fourth-order valence-corrected chi connectivity index (χ4v) is 6.53. The normalized spacial score (nSPS) is 21.1. The fraction of sp³-hybridized carbons (Fsp3) is 0.406. The van der Waals surface area contributed by atoms with Gasteiger partial charge in [0.1, 0.15) is 11.9 Å². The van der Waals surface area contributed by atoms with Gasteiger partial charge in [0.25, 0.3) is 5.91 Å². The number of ether oxygens (including phenoxy) is 1. The lowest BCUT2D eigenvalue weighted by Gasteiger charge is -2.39. The number of fused-ring (bicyclic) bond motifs is 2. The quantitative estimate of drug-likeness (QED) is 0.295. The van der Waals surface area contributed by atoms with Crippen LogP contribution in [-0.4, -0.2) is 29.0 Å². The van der Waals surface area contributed by atoms with Gasteiger partial charge in [-0.05, 0) is 72.2 Å². The van der Waals surface area contributed by atoms with E-state index in [2.05, 4.69) is 86.3 Å². The van der Waals surface area contributed by atoms with Gasteiger partial charge in [0, 0.05) is 41.1 Å². The summed E-state index contributed by atoms with van der Waals surface area (Å²) >= 11 is 1.84. The van der Waals surface area contributed by atoms with E-state index in [1.165, 1.54) is 21.6 Å². The van der Waals surface area contributed by atoms with E-state index in [4.69, 9.17) is 4.74 Å². The number of amides is 1. The molecule has 0 aromatic heterocycles. The molecule has 0 radical (unpaired) electrons. The Morgan fingerprint density at radius 2 is 1.56 bits per heavy atom. The number of benzene rings is 3. The van der Waals surface area contributed by atoms with Gasteiger partial charge in [-0.2, -0.15) is 0 Å². The molecule has 0 saturated carbocycles. The van der Waals surface area contributed by atoms with Gasteiger partial charge >= 0.3 is 0 Å². The van der Waals surface area contributed by atoms with Crippen molar-refractivity contribution < 1.29 is 9.53 Å². The van der Waals surface area contributed by atoms with Gasteiger partial charge in [-0.1, -0.05) is 63.2 Å². The first-order valence-corrected chi connectivity index (χ1v) is 14.4. The molecule has 2 aliphatic rings. The summed E-state index contributed by atoms with van der Waals surface area (Å²) in [7, 11) is 0. The van der Waals surface area contributed by atoms with Crippen LogP contribution < -0.4 is 4.74 Å². The first kappa shape index (κ1) is 25.0. The first-order valence-electron chi connectivity index (χ1n) is 13.4. The molecule has 0 spiro atoms. The standard InChI is InChI=1S/C32H37NO2S/c1-4-23-11-17-29(18-12-23)36-21-24-9-13-25(14-10-24)32(34)33-26-15-16-27(33)20-28(19-26)35-31-8-6-5-7-30(31)22(2)3/h5-14,17-18,22,26-28H,4,15-16,19-21H2,1-3H3/t26-,27-/m0/s1. The van der Waals surface area contributed by atoms with Crippen LogP contribution in [0.1, 0.15) is 79.4 Å². The number of para-hydroxylation sites is 1. The molecule has 2 atom stereocenters. The highest BCUT2D eigenvalue weighted by atomic mass is 32.2. The van der Waals surface area contributed by atoms with E-state index < -0.39 is 0 Å². The minimum atomic E-state index is 0.178. The summed E-state index contributed by atoms with van der Waals surface area (Å²) in [6, 6.07) is 26.0. The van der Waals surface area contributed by atoms with Crippen LogP contribution in [0.15, 0.2) is 77.7 Å². The second-order valence-corrected chi connectivity index (χ2v) is 11.5. The van der Waals surface area contributed by atoms with Crippen molar-refractivity contribution in [2.24, 2.45) is 0 Å². The van der Waals surface area contributed by atoms with Crippen LogP contribution in [-0.2, 0) is 12.2 Å². The smallest absolute Gasteiger partial charge is 0.254 e. The molecule has 5 rings (SSSR count). The van der Waals surface area contributed by atoms with Crippen molar-refractivity contribution in [1.82, 2.24) is 4.90 Å². The lowest BCUT2D eigenvalue weighted by atomic mass is 9.97. The third-order valence-electron chi connectivity index (χ3n) is 7.70. The van der Waals surface area contributed by atoms with Gasteiger partial charge in [-0.15, -0.1) is 11.8 Å². The van der Waals surface area contributed by atoms with E-state index >= 15 is 0 Å². The number of piperidine rings is 1. The molecular weight excluding hydrogens is 462 g/mol. The van der Waals surface area contributed by atoms with Crippen LogP contribution in [0.2, 0.25) is 0 Å². The van der Waals surface area contributed by atoms with E-state index in [0.717, 1.165) is 49.2 Å². The molecule has 4 heteroatoms. The zero-order valence-corrected chi connectivity index (χ0v) is 22.5. The Labute approximate surface area is 220 Å². The predicted octanol–water partition coefficient (Wildman–Crippen LogP) is 7.88.